The summed E-state index contributed by atoms with van der Waals surface area (Å²) in [6.45, 7) is 9.92. The van der Waals surface area contributed by atoms with Crippen LogP contribution in [0.25, 0.3) is 0 Å². The molecule has 8 heteroatoms. The first-order chi connectivity index (χ1) is 8.89. The number of carbonyl (C=O) groups excluding carboxylic acids is 1. The van der Waals surface area contributed by atoms with E-state index in [9.17, 15) is 13.6 Å². The highest BCUT2D eigenvalue weighted by molar-refractivity contribution is 6.46. The number of carbonyl (C=O) groups is 1. The van der Waals surface area contributed by atoms with E-state index in [0.29, 0.717) is 13.2 Å². The van der Waals surface area contributed by atoms with Crippen molar-refractivity contribution in [1.29, 1.82) is 0 Å². The average molecular weight is 341 g/mol. The molecule has 0 aromatic heterocycles. The average Bonchev–Trinajstić information content (AvgIpc) is 2.14. The monoisotopic (exact) mass is 340 g/mol. The molecular formula is C12H24Cl2F2O4. The summed E-state index contributed by atoms with van der Waals surface area (Å²) in [6.07, 6.45) is -2.95. The molecule has 0 heterocycles. The smallest absolute Gasteiger partial charge is 0.352 e. The van der Waals surface area contributed by atoms with Crippen molar-refractivity contribution < 1.29 is 27.8 Å². The molecule has 0 atom stereocenters. The molecule has 0 bridgehead atoms. The van der Waals surface area contributed by atoms with Gasteiger partial charge in [0.1, 0.15) is 0 Å². The second-order valence-electron chi connectivity index (χ2n) is 3.41. The topological polar surface area (TPSA) is 44.8 Å². The van der Waals surface area contributed by atoms with Gasteiger partial charge in [-0.15, -0.1) is 0 Å². The fraction of sp³-hybridized carbons (Fsp3) is 0.917. The molecule has 0 aromatic rings. The van der Waals surface area contributed by atoms with Crippen LogP contribution in [0.4, 0.5) is 8.78 Å². The maximum Gasteiger partial charge on any atom is 0.352 e. The summed E-state index contributed by atoms with van der Waals surface area (Å²) in [6, 6.07) is 0. The standard InChI is InChI=1S/C4H8Cl2O.C4H8F2O.C4H8O2/c2*1-3-7-4(2,5)6;1-3-6-4(2)5/h2*3H2,1-2H3;3H2,1-2H3. The predicted octanol–water partition coefficient (Wildman–Crippen LogP) is 4.38. The molecule has 0 spiro atoms. The third-order valence-electron chi connectivity index (χ3n) is 1.14. The molecule has 0 aliphatic rings. The highest BCUT2D eigenvalue weighted by atomic mass is 35.5. The Labute approximate surface area is 129 Å². The van der Waals surface area contributed by atoms with Crippen molar-refractivity contribution in [2.75, 3.05) is 19.8 Å². The number of esters is 1. The van der Waals surface area contributed by atoms with E-state index in [1.807, 2.05) is 6.92 Å². The molecule has 0 radical (unpaired) electrons. The Hall–Kier alpha value is -0.170. The van der Waals surface area contributed by atoms with Gasteiger partial charge in [-0.3, -0.25) is 4.79 Å². The van der Waals surface area contributed by atoms with Crippen LogP contribution >= 0.6 is 23.2 Å². The molecule has 0 saturated heterocycles. The van der Waals surface area contributed by atoms with Gasteiger partial charge in [-0.1, -0.05) is 23.2 Å². The zero-order valence-corrected chi connectivity index (χ0v) is 14.3. The molecule has 124 valence electrons. The number of halogens is 4. The van der Waals surface area contributed by atoms with Crippen LogP contribution in [-0.2, 0) is 19.0 Å². The van der Waals surface area contributed by atoms with Gasteiger partial charge in [0, 0.05) is 20.5 Å². The fourth-order valence-corrected chi connectivity index (χ4v) is 0.928. The van der Waals surface area contributed by atoms with Crippen LogP contribution < -0.4 is 0 Å². The van der Waals surface area contributed by atoms with Gasteiger partial charge < -0.3 is 14.2 Å². The van der Waals surface area contributed by atoms with Gasteiger partial charge in [0.05, 0.1) is 13.2 Å². The first kappa shape index (κ1) is 24.8. The molecule has 0 aliphatic heterocycles. The van der Waals surface area contributed by atoms with Crippen LogP contribution in [0, 0.1) is 0 Å². The Morgan fingerprint density at radius 1 is 1.00 bits per heavy atom. The van der Waals surface area contributed by atoms with E-state index in [2.05, 4.69) is 9.47 Å². The minimum atomic E-state index is -2.95. The Morgan fingerprint density at radius 2 is 1.40 bits per heavy atom. The van der Waals surface area contributed by atoms with Gasteiger partial charge in [-0.2, -0.15) is 8.78 Å². The van der Waals surface area contributed by atoms with Crippen molar-refractivity contribution in [3.05, 3.63) is 0 Å². The van der Waals surface area contributed by atoms with Crippen molar-refractivity contribution in [2.45, 2.75) is 52.2 Å². The van der Waals surface area contributed by atoms with Gasteiger partial charge >= 0.3 is 12.1 Å². The van der Waals surface area contributed by atoms with Gasteiger partial charge in [-0.05, 0) is 27.7 Å². The molecule has 0 saturated carbocycles. The molecule has 0 aliphatic carbocycles. The van der Waals surface area contributed by atoms with E-state index in [0.717, 1.165) is 6.92 Å². The van der Waals surface area contributed by atoms with Crippen LogP contribution in [0.15, 0.2) is 0 Å². The Kier molecular flexibility index (Phi) is 17.1. The number of hydrogen-bond acceptors (Lipinski definition) is 4. The van der Waals surface area contributed by atoms with Crippen LogP contribution in [0.2, 0.25) is 0 Å². The van der Waals surface area contributed by atoms with Crippen LogP contribution in [0.1, 0.15) is 41.5 Å². The van der Waals surface area contributed by atoms with E-state index >= 15 is 0 Å². The van der Waals surface area contributed by atoms with Crippen molar-refractivity contribution in [1.82, 2.24) is 0 Å². The molecule has 0 amide bonds. The lowest BCUT2D eigenvalue weighted by atomic mass is 10.7. The quantitative estimate of drug-likeness (QED) is 0.550. The van der Waals surface area contributed by atoms with E-state index in [-0.39, 0.29) is 12.6 Å². The minimum absolute atomic E-state index is 0.0590. The van der Waals surface area contributed by atoms with E-state index in [4.69, 9.17) is 27.9 Å². The van der Waals surface area contributed by atoms with Gasteiger partial charge in [0.2, 0.25) is 4.52 Å². The lowest BCUT2D eigenvalue weighted by Gasteiger charge is -2.10. The molecule has 0 N–H and O–H groups in total. The van der Waals surface area contributed by atoms with Crippen molar-refractivity contribution in [3.8, 4) is 0 Å². The zero-order valence-electron chi connectivity index (χ0n) is 12.8. The third-order valence-corrected chi connectivity index (χ3v) is 1.36. The van der Waals surface area contributed by atoms with Crippen LogP contribution in [0.3, 0.4) is 0 Å². The second-order valence-corrected chi connectivity index (χ2v) is 5.04. The third kappa shape index (κ3) is 43.1. The van der Waals surface area contributed by atoms with Gasteiger partial charge in [0.25, 0.3) is 0 Å². The minimum Gasteiger partial charge on any atom is -0.466 e. The first-order valence-electron chi connectivity index (χ1n) is 6.06. The highest BCUT2D eigenvalue weighted by Crippen LogP contribution is 2.19. The van der Waals surface area contributed by atoms with Gasteiger partial charge in [0.15, 0.2) is 0 Å². The van der Waals surface area contributed by atoms with Crippen molar-refractivity contribution in [3.63, 3.8) is 0 Å². The first-order valence-corrected chi connectivity index (χ1v) is 6.82. The van der Waals surface area contributed by atoms with Crippen LogP contribution in [-0.4, -0.2) is 36.4 Å². The molecular weight excluding hydrogens is 317 g/mol. The number of ether oxygens (including phenoxy) is 3. The maximum absolute atomic E-state index is 11.5. The Morgan fingerprint density at radius 3 is 1.40 bits per heavy atom. The van der Waals surface area contributed by atoms with E-state index < -0.39 is 10.6 Å². The Balaban J connectivity index is -0.000000218. The summed E-state index contributed by atoms with van der Waals surface area (Å²) in [4.78, 5) is 9.82. The largest absolute Gasteiger partial charge is 0.466 e. The summed E-state index contributed by atoms with van der Waals surface area (Å²) >= 11 is 10.8. The maximum atomic E-state index is 11.5. The zero-order chi connectivity index (χ0) is 16.8. The predicted molar refractivity (Wildman–Crippen MR) is 76.3 cm³/mol. The number of alkyl halides is 4. The summed E-state index contributed by atoms with van der Waals surface area (Å²) in [5.74, 6) is -0.211. The van der Waals surface area contributed by atoms with E-state index in [1.165, 1.54) is 13.8 Å². The highest BCUT2D eigenvalue weighted by Gasteiger charge is 2.19. The summed E-state index contributed by atoms with van der Waals surface area (Å²) in [7, 11) is 0. The lowest BCUT2D eigenvalue weighted by Crippen LogP contribution is -2.14. The molecule has 0 unspecified atom stereocenters. The fourth-order valence-electron chi connectivity index (χ4n) is 0.710. The SMILES string of the molecule is CCOC(C)(Cl)Cl.CCOC(C)(F)F.CCOC(C)=O. The molecule has 0 fully saturated rings. The normalized spacial score (nSPS) is 10.7. The molecule has 20 heavy (non-hydrogen) atoms. The lowest BCUT2D eigenvalue weighted by molar-refractivity contribution is -0.220. The second kappa shape index (κ2) is 13.8. The van der Waals surface area contributed by atoms with Gasteiger partial charge in [-0.25, -0.2) is 0 Å². The molecule has 0 aromatic carbocycles. The van der Waals surface area contributed by atoms with Crippen molar-refractivity contribution >= 4 is 29.2 Å². The summed E-state index contributed by atoms with van der Waals surface area (Å²) < 4.78 is 35.1. The summed E-state index contributed by atoms with van der Waals surface area (Å²) in [5, 5.41) is 0. The molecule has 0 rings (SSSR count). The molecule has 4 nitrogen and oxygen atoms in total. The van der Waals surface area contributed by atoms with E-state index in [1.54, 1.807) is 13.8 Å². The van der Waals surface area contributed by atoms with Crippen LogP contribution in [0.5, 0.6) is 0 Å². The Bertz CT molecular complexity index is 212. The summed E-state index contributed by atoms with van der Waals surface area (Å²) in [5.41, 5.74) is 0. The number of hydrogen-bond donors (Lipinski definition) is 0. The number of rotatable bonds is 5. The van der Waals surface area contributed by atoms with Crippen molar-refractivity contribution in [2.24, 2.45) is 0 Å².